The third-order valence-corrected chi connectivity index (χ3v) is 4.25. The van der Waals surface area contributed by atoms with Gasteiger partial charge in [-0.1, -0.05) is 12.8 Å². The van der Waals surface area contributed by atoms with Crippen molar-refractivity contribution in [1.82, 2.24) is 9.88 Å². The molecule has 0 aliphatic heterocycles. The Bertz CT molecular complexity index is 364. The Morgan fingerprint density at radius 3 is 2.72 bits per heavy atom. The largest absolute Gasteiger partial charge is 0.393 e. The Balaban J connectivity index is 2.04. The second-order valence-electron chi connectivity index (χ2n) is 4.89. The summed E-state index contributed by atoms with van der Waals surface area (Å²) < 4.78 is 39.0. The van der Waals surface area contributed by atoms with Gasteiger partial charge in [-0.3, -0.25) is 4.90 Å². The van der Waals surface area contributed by atoms with Gasteiger partial charge >= 0.3 is 6.18 Å². The van der Waals surface area contributed by atoms with E-state index >= 15 is 0 Å². The summed E-state index contributed by atoms with van der Waals surface area (Å²) in [6, 6.07) is -0.402. The van der Waals surface area contributed by atoms with E-state index in [1.807, 2.05) is 10.3 Å². The van der Waals surface area contributed by atoms with Crippen molar-refractivity contribution in [2.45, 2.75) is 44.4 Å². The molecule has 0 aromatic carbocycles. The van der Waals surface area contributed by atoms with Crippen molar-refractivity contribution in [2.75, 3.05) is 7.05 Å². The van der Waals surface area contributed by atoms with Crippen molar-refractivity contribution in [3.8, 4) is 0 Å². The smallest absolute Gasteiger partial charge is 0.297 e. The summed E-state index contributed by atoms with van der Waals surface area (Å²) >= 11 is 1.47. The molecular weight excluding hydrogens is 261 g/mol. The third-order valence-electron chi connectivity index (χ3n) is 3.61. The first-order valence-corrected chi connectivity index (χ1v) is 7.07. The van der Waals surface area contributed by atoms with Crippen molar-refractivity contribution in [3.05, 3.63) is 16.6 Å². The maximum absolute atomic E-state index is 13.0. The number of thiazole rings is 1. The molecule has 0 amide bonds. The van der Waals surface area contributed by atoms with E-state index in [-0.39, 0.29) is 6.42 Å². The Labute approximate surface area is 109 Å². The number of nitrogens with zero attached hydrogens (tertiary/aromatic N) is 2. The molecular formula is C12H17F3N2S. The van der Waals surface area contributed by atoms with E-state index in [0.29, 0.717) is 19.4 Å². The third kappa shape index (κ3) is 3.23. The van der Waals surface area contributed by atoms with Gasteiger partial charge in [0, 0.05) is 18.0 Å². The lowest BCUT2D eigenvalue weighted by atomic mass is 9.83. The predicted octanol–water partition coefficient (Wildman–Crippen LogP) is 3.70. The quantitative estimate of drug-likeness (QED) is 0.838. The molecule has 0 radical (unpaired) electrons. The first-order chi connectivity index (χ1) is 8.48. The number of rotatable bonds is 3. The van der Waals surface area contributed by atoms with Gasteiger partial charge in [-0.05, 0) is 19.9 Å². The van der Waals surface area contributed by atoms with Crippen LogP contribution in [0.3, 0.4) is 0 Å². The molecule has 2 atom stereocenters. The first kappa shape index (κ1) is 13.8. The summed E-state index contributed by atoms with van der Waals surface area (Å²) in [7, 11) is 1.77. The summed E-state index contributed by atoms with van der Waals surface area (Å²) in [5, 5.41) is 1.89. The predicted molar refractivity (Wildman–Crippen MR) is 65.4 cm³/mol. The van der Waals surface area contributed by atoms with E-state index in [9.17, 15) is 13.2 Å². The summed E-state index contributed by atoms with van der Waals surface area (Å²) in [6.45, 7) is 0.501. The zero-order chi connectivity index (χ0) is 13.2. The van der Waals surface area contributed by atoms with Crippen molar-refractivity contribution in [2.24, 2.45) is 5.92 Å². The van der Waals surface area contributed by atoms with Gasteiger partial charge in [0.05, 0.1) is 17.1 Å². The molecule has 102 valence electrons. The highest BCUT2D eigenvalue weighted by molar-refractivity contribution is 7.07. The molecule has 0 saturated heterocycles. The molecule has 2 nitrogen and oxygen atoms in total. The molecule has 0 N–H and O–H groups in total. The normalized spacial score (nSPS) is 25.6. The number of alkyl halides is 3. The molecule has 1 aliphatic carbocycles. The van der Waals surface area contributed by atoms with Crippen LogP contribution in [0.4, 0.5) is 13.2 Å². The van der Waals surface area contributed by atoms with Crippen LogP contribution in [0.1, 0.15) is 31.4 Å². The fourth-order valence-electron chi connectivity index (χ4n) is 2.71. The average Bonchev–Trinajstić information content (AvgIpc) is 2.80. The molecule has 18 heavy (non-hydrogen) atoms. The van der Waals surface area contributed by atoms with Crippen molar-refractivity contribution >= 4 is 11.3 Å². The van der Waals surface area contributed by atoms with E-state index in [4.69, 9.17) is 0 Å². The Kier molecular flexibility index (Phi) is 4.27. The SMILES string of the molecule is CN(Cc1cscn1)[C@H]1CCCC[C@H]1C(F)(F)F. The Hall–Kier alpha value is -0.620. The van der Waals surface area contributed by atoms with E-state index in [1.54, 1.807) is 12.6 Å². The van der Waals surface area contributed by atoms with Crippen LogP contribution >= 0.6 is 11.3 Å². The minimum Gasteiger partial charge on any atom is -0.297 e. The van der Waals surface area contributed by atoms with E-state index in [1.165, 1.54) is 11.3 Å². The van der Waals surface area contributed by atoms with Gasteiger partial charge in [0.25, 0.3) is 0 Å². The molecule has 2 rings (SSSR count). The van der Waals surface area contributed by atoms with Crippen molar-refractivity contribution in [3.63, 3.8) is 0 Å². The maximum Gasteiger partial charge on any atom is 0.393 e. The average molecular weight is 278 g/mol. The summed E-state index contributed by atoms with van der Waals surface area (Å²) in [4.78, 5) is 5.95. The van der Waals surface area contributed by atoms with Gasteiger partial charge in [0.2, 0.25) is 0 Å². The molecule has 0 spiro atoms. The molecule has 1 saturated carbocycles. The highest BCUT2D eigenvalue weighted by atomic mass is 32.1. The van der Waals surface area contributed by atoms with Crippen molar-refractivity contribution < 1.29 is 13.2 Å². The zero-order valence-corrected chi connectivity index (χ0v) is 11.1. The molecule has 0 unspecified atom stereocenters. The number of halogens is 3. The summed E-state index contributed by atoms with van der Waals surface area (Å²) in [5.74, 6) is -1.19. The number of aromatic nitrogens is 1. The topological polar surface area (TPSA) is 16.1 Å². The van der Waals surface area contributed by atoms with Gasteiger partial charge in [-0.15, -0.1) is 11.3 Å². The van der Waals surface area contributed by atoms with Crippen molar-refractivity contribution in [1.29, 1.82) is 0 Å². The van der Waals surface area contributed by atoms with Crippen LogP contribution in [-0.4, -0.2) is 29.1 Å². The van der Waals surface area contributed by atoms with Gasteiger partial charge in [0.15, 0.2) is 0 Å². The minimum absolute atomic E-state index is 0.259. The second-order valence-corrected chi connectivity index (χ2v) is 5.61. The minimum atomic E-state index is -4.08. The summed E-state index contributed by atoms with van der Waals surface area (Å²) in [5.41, 5.74) is 2.57. The monoisotopic (exact) mass is 278 g/mol. The zero-order valence-electron chi connectivity index (χ0n) is 10.3. The lowest BCUT2D eigenvalue weighted by molar-refractivity contribution is -0.198. The standard InChI is InChI=1S/C12H17F3N2S/c1-17(6-9-7-18-8-16-9)11-5-3-2-4-10(11)12(13,14)15/h7-8,10-11H,2-6H2,1H3/t10-,11+/m1/s1. The van der Waals surface area contributed by atoms with Gasteiger partial charge < -0.3 is 0 Å². The maximum atomic E-state index is 13.0. The first-order valence-electron chi connectivity index (χ1n) is 6.12. The van der Waals surface area contributed by atoms with Crippen LogP contribution in [-0.2, 0) is 6.54 Å². The van der Waals surface area contributed by atoms with Gasteiger partial charge in [-0.25, -0.2) is 4.98 Å². The Morgan fingerprint density at radius 1 is 1.39 bits per heavy atom. The second kappa shape index (κ2) is 5.57. The van der Waals surface area contributed by atoms with Crippen LogP contribution in [0.2, 0.25) is 0 Å². The van der Waals surface area contributed by atoms with Crippen LogP contribution in [0.15, 0.2) is 10.9 Å². The lowest BCUT2D eigenvalue weighted by Gasteiger charge is -2.38. The van der Waals surface area contributed by atoms with Crippen LogP contribution < -0.4 is 0 Å². The van der Waals surface area contributed by atoms with Crippen LogP contribution in [0.25, 0.3) is 0 Å². The number of hydrogen-bond acceptors (Lipinski definition) is 3. The van der Waals surface area contributed by atoms with E-state index in [2.05, 4.69) is 4.98 Å². The fourth-order valence-corrected chi connectivity index (χ4v) is 3.26. The lowest BCUT2D eigenvalue weighted by Crippen LogP contribution is -2.46. The molecule has 1 aliphatic rings. The highest BCUT2D eigenvalue weighted by Gasteiger charge is 2.46. The fraction of sp³-hybridized carbons (Fsp3) is 0.750. The summed E-state index contributed by atoms with van der Waals surface area (Å²) in [6.07, 6.45) is -1.62. The van der Waals surface area contributed by atoms with Crippen LogP contribution in [0, 0.1) is 5.92 Å². The Morgan fingerprint density at radius 2 is 2.11 bits per heavy atom. The molecule has 1 aromatic rings. The number of hydrogen-bond donors (Lipinski definition) is 0. The van der Waals surface area contributed by atoms with E-state index in [0.717, 1.165) is 12.1 Å². The molecule has 0 bridgehead atoms. The molecule has 1 heterocycles. The highest BCUT2D eigenvalue weighted by Crippen LogP contribution is 2.39. The molecule has 1 fully saturated rings. The molecule has 6 heteroatoms. The van der Waals surface area contributed by atoms with Gasteiger partial charge in [-0.2, -0.15) is 13.2 Å². The van der Waals surface area contributed by atoms with Gasteiger partial charge in [0.1, 0.15) is 0 Å². The van der Waals surface area contributed by atoms with E-state index < -0.39 is 18.1 Å². The molecule has 1 aromatic heterocycles. The van der Waals surface area contributed by atoms with Crippen LogP contribution in [0.5, 0.6) is 0 Å².